The summed E-state index contributed by atoms with van der Waals surface area (Å²) in [4.78, 5) is 4.61. The summed E-state index contributed by atoms with van der Waals surface area (Å²) in [5, 5.41) is 0. The summed E-state index contributed by atoms with van der Waals surface area (Å²) in [6, 6.07) is 14.3. The van der Waals surface area contributed by atoms with Crippen molar-refractivity contribution in [1.29, 1.82) is 0 Å². The van der Waals surface area contributed by atoms with Gasteiger partial charge in [-0.25, -0.2) is 0 Å². The van der Waals surface area contributed by atoms with Gasteiger partial charge in [0.2, 0.25) is 0 Å². The van der Waals surface area contributed by atoms with Gasteiger partial charge in [-0.15, -0.1) is 0 Å². The summed E-state index contributed by atoms with van der Waals surface area (Å²) >= 11 is 0. The number of methoxy groups -OCH3 is 1. The van der Waals surface area contributed by atoms with E-state index < -0.39 is 0 Å². The molecule has 1 aliphatic rings. The quantitative estimate of drug-likeness (QED) is 0.834. The molecular weight excluding hydrogens is 274 g/mol. The number of benzene rings is 2. The van der Waals surface area contributed by atoms with Crippen molar-refractivity contribution in [3.8, 4) is 11.5 Å². The summed E-state index contributed by atoms with van der Waals surface area (Å²) < 4.78 is 11.6. The molecule has 1 aliphatic heterocycles. The molecular formula is C19H21NO2. The highest BCUT2D eigenvalue weighted by atomic mass is 16.5. The van der Waals surface area contributed by atoms with Crippen LogP contribution in [0, 0.1) is 0 Å². The third-order valence-corrected chi connectivity index (χ3v) is 3.98. The van der Waals surface area contributed by atoms with Gasteiger partial charge in [-0.3, -0.25) is 4.99 Å². The van der Waals surface area contributed by atoms with Crippen LogP contribution >= 0.6 is 0 Å². The Labute approximate surface area is 131 Å². The van der Waals surface area contributed by atoms with E-state index in [0.717, 1.165) is 42.2 Å². The Morgan fingerprint density at radius 1 is 1.09 bits per heavy atom. The van der Waals surface area contributed by atoms with Crippen LogP contribution in [0.4, 0.5) is 0 Å². The average Bonchev–Trinajstić information content (AvgIpc) is 2.59. The molecule has 0 amide bonds. The molecule has 114 valence electrons. The van der Waals surface area contributed by atoms with Gasteiger partial charge in [-0.2, -0.15) is 0 Å². The normalized spacial score (nSPS) is 13.3. The van der Waals surface area contributed by atoms with Crippen LogP contribution in [-0.2, 0) is 13.0 Å². The maximum Gasteiger partial charge on any atom is 0.164 e. The van der Waals surface area contributed by atoms with Crippen molar-refractivity contribution in [2.24, 2.45) is 4.99 Å². The molecule has 0 unspecified atom stereocenters. The molecule has 0 saturated carbocycles. The third-order valence-electron chi connectivity index (χ3n) is 3.98. The van der Waals surface area contributed by atoms with Crippen LogP contribution in [0.2, 0.25) is 0 Å². The number of aliphatic imine (C=N–C) groups is 1. The topological polar surface area (TPSA) is 30.8 Å². The fraction of sp³-hybridized carbons (Fsp3) is 0.316. The molecule has 2 aromatic carbocycles. The van der Waals surface area contributed by atoms with Gasteiger partial charge in [0.05, 0.1) is 7.11 Å². The zero-order valence-electron chi connectivity index (χ0n) is 13.1. The van der Waals surface area contributed by atoms with Crippen molar-refractivity contribution in [3.63, 3.8) is 0 Å². The highest BCUT2D eigenvalue weighted by molar-refractivity contribution is 6.03. The van der Waals surface area contributed by atoms with E-state index in [9.17, 15) is 0 Å². The van der Waals surface area contributed by atoms with E-state index >= 15 is 0 Å². The largest absolute Gasteiger partial charge is 0.493 e. The number of fused-ring (bicyclic) bond motifs is 1. The molecule has 0 saturated heterocycles. The predicted octanol–water partition coefficient (Wildman–Crippen LogP) is 4.03. The number of ether oxygens (including phenoxy) is 2. The van der Waals surface area contributed by atoms with Crippen molar-refractivity contribution in [2.75, 3.05) is 13.7 Å². The summed E-state index contributed by atoms with van der Waals surface area (Å²) in [6.45, 7) is 3.51. The van der Waals surface area contributed by atoms with Gasteiger partial charge in [-0.05, 0) is 30.5 Å². The smallest absolute Gasteiger partial charge is 0.164 e. The van der Waals surface area contributed by atoms with Crippen LogP contribution in [0.1, 0.15) is 30.0 Å². The molecule has 0 fully saturated rings. The number of hydrogen-bond acceptors (Lipinski definition) is 3. The van der Waals surface area contributed by atoms with Crippen molar-refractivity contribution >= 4 is 5.71 Å². The molecule has 22 heavy (non-hydrogen) atoms. The van der Waals surface area contributed by atoms with Gasteiger partial charge in [-0.1, -0.05) is 37.3 Å². The first kappa shape index (κ1) is 14.6. The van der Waals surface area contributed by atoms with Gasteiger partial charge >= 0.3 is 0 Å². The van der Waals surface area contributed by atoms with Crippen LogP contribution in [-0.4, -0.2) is 19.4 Å². The Kier molecular flexibility index (Phi) is 4.42. The average molecular weight is 295 g/mol. The summed E-state index contributed by atoms with van der Waals surface area (Å²) in [5.74, 6) is 1.66. The fourth-order valence-corrected chi connectivity index (χ4v) is 2.89. The third kappa shape index (κ3) is 2.84. The Morgan fingerprint density at radius 2 is 1.91 bits per heavy atom. The Balaban J connectivity index is 1.88. The molecule has 0 spiro atoms. The lowest BCUT2D eigenvalue weighted by molar-refractivity contribution is 0.283. The molecule has 3 heteroatoms. The molecule has 0 bridgehead atoms. The molecule has 0 radical (unpaired) electrons. The van der Waals surface area contributed by atoms with E-state index in [-0.39, 0.29) is 0 Å². The lowest BCUT2D eigenvalue weighted by Crippen LogP contribution is -2.14. The van der Waals surface area contributed by atoms with E-state index in [2.05, 4.69) is 30.1 Å². The Hall–Kier alpha value is -2.29. The maximum absolute atomic E-state index is 5.98. The molecule has 1 heterocycles. The lowest BCUT2D eigenvalue weighted by atomic mass is 9.95. The molecule has 0 atom stereocenters. The molecule has 0 aromatic heterocycles. The van der Waals surface area contributed by atoms with Crippen LogP contribution in [0.15, 0.2) is 47.5 Å². The SMILES string of the molecule is CCC1=NCCc2c1ccc(OCc1ccccc1)c2OC. The highest BCUT2D eigenvalue weighted by Gasteiger charge is 2.20. The molecule has 0 aliphatic carbocycles. The Morgan fingerprint density at radius 3 is 2.64 bits per heavy atom. The second-order valence-corrected chi connectivity index (χ2v) is 5.33. The van der Waals surface area contributed by atoms with Crippen molar-refractivity contribution in [1.82, 2.24) is 0 Å². The minimum Gasteiger partial charge on any atom is -0.493 e. The Bertz CT molecular complexity index is 677. The van der Waals surface area contributed by atoms with E-state index in [1.807, 2.05) is 24.3 Å². The van der Waals surface area contributed by atoms with Crippen LogP contribution in [0.25, 0.3) is 0 Å². The van der Waals surface area contributed by atoms with Crippen molar-refractivity contribution < 1.29 is 9.47 Å². The fourth-order valence-electron chi connectivity index (χ4n) is 2.89. The summed E-state index contributed by atoms with van der Waals surface area (Å²) in [7, 11) is 1.71. The first-order chi connectivity index (χ1) is 10.8. The van der Waals surface area contributed by atoms with E-state index in [1.165, 1.54) is 11.1 Å². The van der Waals surface area contributed by atoms with Crippen molar-refractivity contribution in [3.05, 3.63) is 59.2 Å². The minimum atomic E-state index is 0.546. The molecule has 3 nitrogen and oxygen atoms in total. The number of hydrogen-bond donors (Lipinski definition) is 0. The lowest BCUT2D eigenvalue weighted by Gasteiger charge is -2.21. The second kappa shape index (κ2) is 6.65. The van der Waals surface area contributed by atoms with E-state index in [1.54, 1.807) is 7.11 Å². The van der Waals surface area contributed by atoms with Gasteiger partial charge in [0.15, 0.2) is 11.5 Å². The van der Waals surface area contributed by atoms with Crippen molar-refractivity contribution in [2.45, 2.75) is 26.4 Å². The monoisotopic (exact) mass is 295 g/mol. The first-order valence-corrected chi connectivity index (χ1v) is 7.73. The van der Waals surface area contributed by atoms with E-state index in [0.29, 0.717) is 6.61 Å². The summed E-state index contributed by atoms with van der Waals surface area (Å²) in [6.07, 6.45) is 1.85. The highest BCUT2D eigenvalue weighted by Crippen LogP contribution is 2.36. The predicted molar refractivity (Wildman–Crippen MR) is 89.2 cm³/mol. The first-order valence-electron chi connectivity index (χ1n) is 7.73. The minimum absolute atomic E-state index is 0.546. The van der Waals surface area contributed by atoms with Gasteiger partial charge in [0, 0.05) is 23.4 Å². The number of rotatable bonds is 5. The van der Waals surface area contributed by atoms with Crippen LogP contribution in [0.5, 0.6) is 11.5 Å². The van der Waals surface area contributed by atoms with Gasteiger partial charge in [0.1, 0.15) is 6.61 Å². The zero-order valence-corrected chi connectivity index (χ0v) is 13.1. The second-order valence-electron chi connectivity index (χ2n) is 5.33. The van der Waals surface area contributed by atoms with Gasteiger partial charge < -0.3 is 9.47 Å². The van der Waals surface area contributed by atoms with Crippen LogP contribution in [0.3, 0.4) is 0 Å². The maximum atomic E-state index is 5.98. The molecule has 3 rings (SSSR count). The number of nitrogens with zero attached hydrogens (tertiary/aromatic N) is 1. The standard InChI is InChI=1S/C19H21NO2/c1-3-17-15-9-10-18(19(21-2)16(15)11-12-20-17)22-13-14-7-5-4-6-8-14/h4-10H,3,11-13H2,1-2H3. The van der Waals surface area contributed by atoms with E-state index in [4.69, 9.17) is 9.47 Å². The molecule has 0 N–H and O–H groups in total. The zero-order chi connectivity index (χ0) is 15.4. The van der Waals surface area contributed by atoms with Crippen LogP contribution < -0.4 is 9.47 Å². The van der Waals surface area contributed by atoms with Gasteiger partial charge in [0.25, 0.3) is 0 Å². The molecule has 2 aromatic rings. The summed E-state index contributed by atoms with van der Waals surface area (Å²) in [5.41, 5.74) is 4.74.